The minimum atomic E-state index is 0.224. The van der Waals surface area contributed by atoms with Gasteiger partial charge in [-0.1, -0.05) is 0 Å². The first-order valence-corrected chi connectivity index (χ1v) is 5.36. The summed E-state index contributed by atoms with van der Waals surface area (Å²) in [6.45, 7) is 0.553. The van der Waals surface area contributed by atoms with Crippen LogP contribution in [0.2, 0.25) is 0 Å². The van der Waals surface area contributed by atoms with Crippen LogP contribution in [0, 0.1) is 0 Å². The predicted octanol–water partition coefficient (Wildman–Crippen LogP) is 1.09. The lowest BCUT2D eigenvalue weighted by molar-refractivity contribution is 0.379. The molecule has 0 atom stereocenters. The number of benzene rings is 1. The average Bonchev–Trinajstić information content (AvgIpc) is 2.73. The molecule has 1 heterocycles. The van der Waals surface area contributed by atoms with E-state index in [1.165, 1.54) is 0 Å². The summed E-state index contributed by atoms with van der Waals surface area (Å²) in [4.78, 5) is 0. The molecule has 0 spiro atoms. The molecule has 2 aromatic rings. The topological polar surface area (TPSA) is 73.3 Å². The fourth-order valence-electron chi connectivity index (χ4n) is 1.69. The van der Waals surface area contributed by atoms with Gasteiger partial charge in [0.1, 0.15) is 5.75 Å². The number of hydrogen-bond acceptors (Lipinski definition) is 4. The minimum Gasteiger partial charge on any atom is -0.508 e. The normalized spacial score (nSPS) is 10.5. The fraction of sp³-hybridized carbons (Fsp3) is 0.250. The summed E-state index contributed by atoms with van der Waals surface area (Å²) in [6, 6.07) is 6.77. The zero-order valence-electron chi connectivity index (χ0n) is 9.63. The van der Waals surface area contributed by atoms with Crippen molar-refractivity contribution in [1.82, 2.24) is 9.78 Å². The molecule has 3 N–H and O–H groups in total. The Morgan fingerprint density at radius 3 is 2.65 bits per heavy atom. The van der Waals surface area contributed by atoms with Crippen molar-refractivity contribution >= 4 is 0 Å². The van der Waals surface area contributed by atoms with Gasteiger partial charge in [-0.2, -0.15) is 5.10 Å². The monoisotopic (exact) mass is 233 g/mol. The Hall–Kier alpha value is -2.01. The second-order valence-electron chi connectivity index (χ2n) is 3.65. The van der Waals surface area contributed by atoms with E-state index in [1.807, 2.05) is 0 Å². The SMILES string of the molecule is COc1c(CCN)cnn1-c1ccc(O)cc1. The van der Waals surface area contributed by atoms with E-state index in [1.54, 1.807) is 42.3 Å². The van der Waals surface area contributed by atoms with Crippen molar-refractivity contribution in [2.45, 2.75) is 6.42 Å². The first kappa shape index (κ1) is 11.5. The summed E-state index contributed by atoms with van der Waals surface area (Å²) < 4.78 is 7.02. The van der Waals surface area contributed by atoms with E-state index >= 15 is 0 Å². The van der Waals surface area contributed by atoms with Crippen molar-refractivity contribution in [2.75, 3.05) is 13.7 Å². The van der Waals surface area contributed by atoms with Crippen LogP contribution in [0.4, 0.5) is 0 Å². The second kappa shape index (κ2) is 4.88. The lowest BCUT2D eigenvalue weighted by Gasteiger charge is -2.07. The summed E-state index contributed by atoms with van der Waals surface area (Å²) in [5.74, 6) is 0.906. The number of phenolic OH excluding ortho intramolecular Hbond substituents is 1. The zero-order valence-corrected chi connectivity index (χ0v) is 9.63. The molecule has 0 fully saturated rings. The molecule has 5 nitrogen and oxygen atoms in total. The predicted molar refractivity (Wildman–Crippen MR) is 64.5 cm³/mol. The molecule has 0 aliphatic rings. The Balaban J connectivity index is 2.41. The van der Waals surface area contributed by atoms with E-state index in [4.69, 9.17) is 10.5 Å². The molecular formula is C12H15N3O2. The van der Waals surface area contributed by atoms with Crippen LogP contribution in [0.1, 0.15) is 5.56 Å². The van der Waals surface area contributed by atoms with Gasteiger partial charge in [-0.05, 0) is 37.2 Å². The first-order chi connectivity index (χ1) is 8.26. The third-order valence-electron chi connectivity index (χ3n) is 2.50. The van der Waals surface area contributed by atoms with Crippen LogP contribution in [-0.2, 0) is 6.42 Å². The standard InChI is InChI=1S/C12H15N3O2/c1-17-12-9(6-7-13)8-14-15(12)10-2-4-11(16)5-3-10/h2-5,8,16H,6-7,13H2,1H3. The quantitative estimate of drug-likeness (QED) is 0.829. The van der Waals surface area contributed by atoms with Crippen LogP contribution in [0.3, 0.4) is 0 Å². The Labute approximate surface area is 99.4 Å². The second-order valence-corrected chi connectivity index (χ2v) is 3.65. The summed E-state index contributed by atoms with van der Waals surface area (Å²) in [5.41, 5.74) is 7.34. The smallest absolute Gasteiger partial charge is 0.219 e. The molecule has 1 aromatic carbocycles. The summed E-state index contributed by atoms with van der Waals surface area (Å²) >= 11 is 0. The molecule has 1 aromatic heterocycles. The van der Waals surface area contributed by atoms with E-state index in [2.05, 4.69) is 5.10 Å². The fourth-order valence-corrected chi connectivity index (χ4v) is 1.69. The van der Waals surface area contributed by atoms with E-state index in [0.29, 0.717) is 12.4 Å². The third-order valence-corrected chi connectivity index (χ3v) is 2.50. The zero-order chi connectivity index (χ0) is 12.3. The van der Waals surface area contributed by atoms with Gasteiger partial charge in [-0.25, -0.2) is 4.68 Å². The lowest BCUT2D eigenvalue weighted by atomic mass is 10.2. The molecule has 0 unspecified atom stereocenters. The summed E-state index contributed by atoms with van der Waals surface area (Å²) in [7, 11) is 1.61. The van der Waals surface area contributed by atoms with E-state index in [0.717, 1.165) is 17.7 Å². The van der Waals surface area contributed by atoms with Crippen LogP contribution in [0.25, 0.3) is 5.69 Å². The van der Waals surface area contributed by atoms with Gasteiger partial charge in [-0.15, -0.1) is 0 Å². The number of hydrogen-bond donors (Lipinski definition) is 2. The molecule has 0 radical (unpaired) electrons. The van der Waals surface area contributed by atoms with Crippen LogP contribution < -0.4 is 10.5 Å². The molecule has 2 rings (SSSR count). The van der Waals surface area contributed by atoms with Gasteiger partial charge in [0, 0.05) is 5.56 Å². The number of methoxy groups -OCH3 is 1. The molecule has 5 heteroatoms. The number of nitrogens with zero attached hydrogens (tertiary/aromatic N) is 2. The van der Waals surface area contributed by atoms with Gasteiger partial charge in [0.2, 0.25) is 5.88 Å². The highest BCUT2D eigenvalue weighted by molar-refractivity contribution is 5.41. The number of ether oxygens (including phenoxy) is 1. The molecule has 0 bridgehead atoms. The number of aromatic hydroxyl groups is 1. The van der Waals surface area contributed by atoms with Gasteiger partial charge in [0.05, 0.1) is 19.0 Å². The van der Waals surface area contributed by atoms with E-state index < -0.39 is 0 Å². The number of phenols is 1. The molecule has 0 amide bonds. The van der Waals surface area contributed by atoms with E-state index in [9.17, 15) is 5.11 Å². The molecular weight excluding hydrogens is 218 g/mol. The average molecular weight is 233 g/mol. The van der Waals surface area contributed by atoms with Crippen molar-refractivity contribution in [3.8, 4) is 17.3 Å². The van der Waals surface area contributed by atoms with Crippen molar-refractivity contribution in [2.24, 2.45) is 5.73 Å². The summed E-state index contributed by atoms with van der Waals surface area (Å²) in [6.07, 6.45) is 2.47. The van der Waals surface area contributed by atoms with Gasteiger partial charge < -0.3 is 15.6 Å². The van der Waals surface area contributed by atoms with Crippen molar-refractivity contribution in [1.29, 1.82) is 0 Å². The van der Waals surface area contributed by atoms with Crippen LogP contribution in [0.15, 0.2) is 30.5 Å². The first-order valence-electron chi connectivity index (χ1n) is 5.36. The number of nitrogens with two attached hydrogens (primary N) is 1. The highest BCUT2D eigenvalue weighted by atomic mass is 16.5. The molecule has 0 saturated heterocycles. The molecule has 0 aliphatic carbocycles. The minimum absolute atomic E-state index is 0.224. The Kier molecular flexibility index (Phi) is 3.30. The Morgan fingerprint density at radius 2 is 2.06 bits per heavy atom. The Morgan fingerprint density at radius 1 is 1.35 bits per heavy atom. The van der Waals surface area contributed by atoms with Gasteiger partial charge in [0.25, 0.3) is 0 Å². The largest absolute Gasteiger partial charge is 0.508 e. The van der Waals surface area contributed by atoms with Gasteiger partial charge in [-0.3, -0.25) is 0 Å². The molecule has 0 aliphatic heterocycles. The van der Waals surface area contributed by atoms with Gasteiger partial charge >= 0.3 is 0 Å². The van der Waals surface area contributed by atoms with Crippen LogP contribution in [0.5, 0.6) is 11.6 Å². The molecule has 17 heavy (non-hydrogen) atoms. The Bertz CT molecular complexity index is 491. The van der Waals surface area contributed by atoms with Gasteiger partial charge in [0.15, 0.2) is 0 Å². The third kappa shape index (κ3) is 2.24. The lowest BCUT2D eigenvalue weighted by Crippen LogP contribution is -2.05. The summed E-state index contributed by atoms with van der Waals surface area (Å²) in [5, 5.41) is 13.5. The maximum Gasteiger partial charge on any atom is 0.219 e. The molecule has 90 valence electrons. The van der Waals surface area contributed by atoms with E-state index in [-0.39, 0.29) is 5.75 Å². The maximum absolute atomic E-state index is 9.24. The van der Waals surface area contributed by atoms with Crippen molar-refractivity contribution < 1.29 is 9.84 Å². The van der Waals surface area contributed by atoms with Crippen molar-refractivity contribution in [3.63, 3.8) is 0 Å². The van der Waals surface area contributed by atoms with Crippen LogP contribution in [-0.4, -0.2) is 28.5 Å². The number of rotatable bonds is 4. The van der Waals surface area contributed by atoms with Crippen LogP contribution >= 0.6 is 0 Å². The number of aromatic nitrogens is 2. The highest BCUT2D eigenvalue weighted by Gasteiger charge is 2.11. The van der Waals surface area contributed by atoms with Crippen molar-refractivity contribution in [3.05, 3.63) is 36.0 Å². The molecule has 0 saturated carbocycles. The maximum atomic E-state index is 9.24. The highest BCUT2D eigenvalue weighted by Crippen LogP contribution is 2.23.